The minimum Gasteiger partial charge on any atom is -0.377 e. The van der Waals surface area contributed by atoms with Gasteiger partial charge in [0.05, 0.1) is 0 Å². The van der Waals surface area contributed by atoms with Crippen molar-refractivity contribution in [2.24, 2.45) is 5.92 Å². The summed E-state index contributed by atoms with van der Waals surface area (Å²) in [5.41, 5.74) is 2.63. The molecule has 1 aromatic carbocycles. The number of para-hydroxylation sites is 1. The van der Waals surface area contributed by atoms with Crippen LogP contribution in [0.4, 0.5) is 5.69 Å². The Labute approximate surface area is 140 Å². The van der Waals surface area contributed by atoms with Crippen molar-refractivity contribution < 1.29 is 4.79 Å². The number of hydrogen-bond donors (Lipinski definition) is 1. The van der Waals surface area contributed by atoms with Crippen molar-refractivity contribution >= 4 is 11.6 Å². The van der Waals surface area contributed by atoms with E-state index < -0.39 is 0 Å². The van der Waals surface area contributed by atoms with Crippen LogP contribution in [0.1, 0.15) is 44.7 Å². The van der Waals surface area contributed by atoms with E-state index >= 15 is 0 Å². The zero-order valence-electron chi connectivity index (χ0n) is 15.0. The molecule has 1 heterocycles. The average molecular weight is 317 g/mol. The molecule has 4 nitrogen and oxygen atoms in total. The Balaban J connectivity index is 1.78. The van der Waals surface area contributed by atoms with E-state index in [0.29, 0.717) is 6.04 Å². The monoisotopic (exact) mass is 317 g/mol. The number of rotatable bonds is 6. The van der Waals surface area contributed by atoms with Gasteiger partial charge >= 0.3 is 0 Å². The first kappa shape index (κ1) is 17.8. The van der Waals surface area contributed by atoms with Gasteiger partial charge in [0, 0.05) is 45.8 Å². The molecule has 0 unspecified atom stereocenters. The maximum atomic E-state index is 11.4. The van der Waals surface area contributed by atoms with Crippen molar-refractivity contribution in [1.82, 2.24) is 10.2 Å². The van der Waals surface area contributed by atoms with Crippen LogP contribution >= 0.6 is 0 Å². The Morgan fingerprint density at radius 3 is 2.57 bits per heavy atom. The molecule has 1 amide bonds. The van der Waals surface area contributed by atoms with Crippen LogP contribution in [0.5, 0.6) is 0 Å². The molecular formula is C19H31N3O. The molecule has 4 heteroatoms. The highest BCUT2D eigenvalue weighted by Gasteiger charge is 2.20. The fraction of sp³-hybridized carbons (Fsp3) is 0.632. The van der Waals surface area contributed by atoms with E-state index in [2.05, 4.69) is 55.5 Å². The van der Waals surface area contributed by atoms with Gasteiger partial charge in [-0.1, -0.05) is 18.2 Å². The molecule has 1 aliphatic heterocycles. The van der Waals surface area contributed by atoms with Crippen LogP contribution in [-0.4, -0.2) is 44.5 Å². The van der Waals surface area contributed by atoms with Crippen LogP contribution in [0.2, 0.25) is 0 Å². The highest BCUT2D eigenvalue weighted by molar-refractivity contribution is 5.73. The van der Waals surface area contributed by atoms with Crippen LogP contribution in [0.3, 0.4) is 0 Å². The lowest BCUT2D eigenvalue weighted by atomic mass is 9.93. The molecule has 2 rings (SSSR count). The second-order valence-corrected chi connectivity index (χ2v) is 6.87. The minimum absolute atomic E-state index is 0.218. The molecular weight excluding hydrogens is 286 g/mol. The SMILES string of the molecule is CC(=O)N1CCC(CCN[C@H](C)c2ccccc2N(C)C)CC1. The van der Waals surface area contributed by atoms with Gasteiger partial charge in [0.2, 0.25) is 5.91 Å². The first-order chi connectivity index (χ1) is 11.0. The molecule has 0 aromatic heterocycles. The van der Waals surface area contributed by atoms with Gasteiger partial charge in [-0.25, -0.2) is 0 Å². The molecule has 1 N–H and O–H groups in total. The van der Waals surface area contributed by atoms with E-state index in [1.54, 1.807) is 6.92 Å². The fourth-order valence-electron chi connectivity index (χ4n) is 3.41. The summed E-state index contributed by atoms with van der Waals surface area (Å²) in [6.45, 7) is 6.80. The summed E-state index contributed by atoms with van der Waals surface area (Å²) in [5.74, 6) is 0.963. The van der Waals surface area contributed by atoms with Crippen LogP contribution in [0.15, 0.2) is 24.3 Å². The summed E-state index contributed by atoms with van der Waals surface area (Å²) < 4.78 is 0. The summed E-state index contributed by atoms with van der Waals surface area (Å²) in [4.78, 5) is 15.5. The van der Waals surface area contributed by atoms with Crippen LogP contribution in [0.25, 0.3) is 0 Å². The molecule has 128 valence electrons. The quantitative estimate of drug-likeness (QED) is 0.876. The molecule has 23 heavy (non-hydrogen) atoms. The third-order valence-corrected chi connectivity index (χ3v) is 4.95. The van der Waals surface area contributed by atoms with Crippen molar-refractivity contribution in [3.63, 3.8) is 0 Å². The molecule has 1 atom stereocenters. The first-order valence-corrected chi connectivity index (χ1v) is 8.74. The summed E-state index contributed by atoms with van der Waals surface area (Å²) in [5, 5.41) is 3.67. The number of amides is 1. The van der Waals surface area contributed by atoms with Crippen LogP contribution < -0.4 is 10.2 Å². The van der Waals surface area contributed by atoms with Crippen LogP contribution in [0, 0.1) is 5.92 Å². The normalized spacial score (nSPS) is 17.1. The number of benzene rings is 1. The first-order valence-electron chi connectivity index (χ1n) is 8.74. The topological polar surface area (TPSA) is 35.6 Å². The Morgan fingerprint density at radius 2 is 1.96 bits per heavy atom. The van der Waals surface area contributed by atoms with E-state index in [-0.39, 0.29) is 5.91 Å². The lowest BCUT2D eigenvalue weighted by Gasteiger charge is -2.31. The number of piperidine rings is 1. The molecule has 1 fully saturated rings. The van der Waals surface area contributed by atoms with Gasteiger partial charge in [0.1, 0.15) is 0 Å². The van der Waals surface area contributed by atoms with E-state index in [1.807, 2.05) is 4.90 Å². The second-order valence-electron chi connectivity index (χ2n) is 6.87. The average Bonchev–Trinajstić information content (AvgIpc) is 2.55. The summed E-state index contributed by atoms with van der Waals surface area (Å²) >= 11 is 0. The molecule has 0 bridgehead atoms. The lowest BCUT2D eigenvalue weighted by molar-refractivity contribution is -0.130. The van der Waals surface area contributed by atoms with E-state index in [9.17, 15) is 4.79 Å². The van der Waals surface area contributed by atoms with Gasteiger partial charge in [0.25, 0.3) is 0 Å². The molecule has 1 saturated heterocycles. The number of likely N-dealkylation sites (tertiary alicyclic amines) is 1. The van der Waals surface area contributed by atoms with Gasteiger partial charge < -0.3 is 15.1 Å². The Kier molecular flexibility index (Phi) is 6.46. The summed E-state index contributed by atoms with van der Waals surface area (Å²) in [6, 6.07) is 8.93. The van der Waals surface area contributed by atoms with E-state index in [1.165, 1.54) is 17.7 Å². The zero-order valence-corrected chi connectivity index (χ0v) is 15.0. The molecule has 1 aliphatic rings. The van der Waals surface area contributed by atoms with Crippen molar-refractivity contribution in [3.8, 4) is 0 Å². The number of hydrogen-bond acceptors (Lipinski definition) is 3. The van der Waals surface area contributed by atoms with Crippen molar-refractivity contribution in [1.29, 1.82) is 0 Å². The molecule has 0 saturated carbocycles. The predicted octanol–water partition coefficient (Wildman–Crippen LogP) is 3.05. The standard InChI is InChI=1S/C19H31N3O/c1-15(18-7-5-6-8-19(18)21(3)4)20-12-9-17-10-13-22(14-11-17)16(2)23/h5-8,15,17,20H,9-14H2,1-4H3/t15-/m1/s1. The molecule has 1 aromatic rings. The summed E-state index contributed by atoms with van der Waals surface area (Å²) in [7, 11) is 4.18. The third kappa shape index (κ3) is 4.96. The second kappa shape index (κ2) is 8.34. The number of anilines is 1. The molecule has 0 aliphatic carbocycles. The highest BCUT2D eigenvalue weighted by atomic mass is 16.2. The molecule has 0 radical (unpaired) electrons. The van der Waals surface area contributed by atoms with Crippen molar-refractivity contribution in [2.75, 3.05) is 38.6 Å². The summed E-state index contributed by atoms with van der Waals surface area (Å²) in [6.07, 6.45) is 3.48. The number of nitrogens with one attached hydrogen (secondary N) is 1. The Bertz CT molecular complexity index is 507. The van der Waals surface area contributed by atoms with Gasteiger partial charge in [0.15, 0.2) is 0 Å². The highest BCUT2D eigenvalue weighted by Crippen LogP contribution is 2.25. The van der Waals surface area contributed by atoms with Gasteiger partial charge in [-0.3, -0.25) is 4.79 Å². The number of nitrogens with zero attached hydrogens (tertiary/aromatic N) is 2. The Hall–Kier alpha value is -1.55. The predicted molar refractivity (Wildman–Crippen MR) is 96.8 cm³/mol. The van der Waals surface area contributed by atoms with E-state index in [4.69, 9.17) is 0 Å². The van der Waals surface area contributed by atoms with Gasteiger partial charge in [-0.05, 0) is 50.3 Å². The van der Waals surface area contributed by atoms with Crippen molar-refractivity contribution in [2.45, 2.75) is 39.2 Å². The Morgan fingerprint density at radius 1 is 1.30 bits per heavy atom. The van der Waals surface area contributed by atoms with Crippen molar-refractivity contribution in [3.05, 3.63) is 29.8 Å². The zero-order chi connectivity index (χ0) is 16.8. The van der Waals surface area contributed by atoms with Gasteiger partial charge in [-0.15, -0.1) is 0 Å². The van der Waals surface area contributed by atoms with E-state index in [0.717, 1.165) is 38.4 Å². The maximum Gasteiger partial charge on any atom is 0.219 e. The van der Waals surface area contributed by atoms with Crippen LogP contribution in [-0.2, 0) is 4.79 Å². The maximum absolute atomic E-state index is 11.4. The fourth-order valence-corrected chi connectivity index (χ4v) is 3.41. The lowest BCUT2D eigenvalue weighted by Crippen LogP contribution is -2.37. The minimum atomic E-state index is 0.218. The van der Waals surface area contributed by atoms with Gasteiger partial charge in [-0.2, -0.15) is 0 Å². The molecule has 0 spiro atoms. The number of carbonyl (C=O) groups excluding carboxylic acids is 1. The third-order valence-electron chi connectivity index (χ3n) is 4.95. The largest absolute Gasteiger partial charge is 0.377 e. The smallest absolute Gasteiger partial charge is 0.219 e. The number of carbonyl (C=O) groups is 1.